The van der Waals surface area contributed by atoms with Crippen LogP contribution in [0.5, 0.6) is 5.75 Å². The Morgan fingerprint density at radius 3 is 2.81 bits per heavy atom. The first-order valence-corrected chi connectivity index (χ1v) is 11.4. The van der Waals surface area contributed by atoms with Gasteiger partial charge in [-0.3, -0.25) is 0 Å². The van der Waals surface area contributed by atoms with Gasteiger partial charge in [0.05, 0.1) is 12.3 Å². The number of hydrogen-bond acceptors (Lipinski definition) is 8. The summed E-state index contributed by atoms with van der Waals surface area (Å²) in [5.74, 6) is 1.38. The summed E-state index contributed by atoms with van der Waals surface area (Å²) in [6.45, 7) is 9.91. The fraction of sp³-hybridized carbons (Fsp3) is 0.500. The predicted molar refractivity (Wildman–Crippen MR) is 126 cm³/mol. The highest BCUT2D eigenvalue weighted by Crippen LogP contribution is 2.41. The number of fused-ring (bicyclic) bond motifs is 2. The summed E-state index contributed by atoms with van der Waals surface area (Å²) >= 11 is 1.64. The molecule has 166 valence electrons. The van der Waals surface area contributed by atoms with Crippen molar-refractivity contribution in [2.24, 2.45) is 5.41 Å². The third kappa shape index (κ3) is 4.72. The first kappa shape index (κ1) is 21.7. The number of ether oxygens (including phenoxy) is 1. The molecule has 0 amide bonds. The van der Waals surface area contributed by atoms with Crippen LogP contribution < -0.4 is 20.7 Å². The standard InChI is InChI=1S/C22H31N7OS/c1-22(2,3)12-24-7-8-29-20-18(19(23)25-13-26-20)27-21(29)31-17-10-14-6-9-30-16(14)11-15(17)28(4)5/h10-11,13,24H,6-9,12H2,1-5H3,(H2,23,25,26). The molecule has 0 aliphatic carbocycles. The van der Waals surface area contributed by atoms with Crippen molar-refractivity contribution in [3.05, 3.63) is 24.0 Å². The molecule has 31 heavy (non-hydrogen) atoms. The minimum absolute atomic E-state index is 0.230. The minimum atomic E-state index is 0.230. The van der Waals surface area contributed by atoms with Crippen LogP contribution in [0.2, 0.25) is 0 Å². The average Bonchev–Trinajstić information content (AvgIpc) is 3.29. The summed E-state index contributed by atoms with van der Waals surface area (Å²) in [6, 6.07) is 4.34. The molecule has 3 heterocycles. The zero-order valence-electron chi connectivity index (χ0n) is 18.9. The molecule has 4 rings (SSSR count). The summed E-state index contributed by atoms with van der Waals surface area (Å²) < 4.78 is 7.91. The Balaban J connectivity index is 1.68. The molecule has 0 radical (unpaired) electrons. The predicted octanol–water partition coefficient (Wildman–Crippen LogP) is 3.20. The maximum Gasteiger partial charge on any atom is 0.175 e. The lowest BCUT2D eigenvalue weighted by Crippen LogP contribution is -2.29. The lowest BCUT2D eigenvalue weighted by Gasteiger charge is -2.20. The van der Waals surface area contributed by atoms with Crippen molar-refractivity contribution in [1.29, 1.82) is 0 Å². The molecular formula is C22H31N7OS. The number of imidazole rings is 1. The summed E-state index contributed by atoms with van der Waals surface area (Å²) in [5, 5.41) is 4.40. The van der Waals surface area contributed by atoms with E-state index in [2.05, 4.69) is 57.7 Å². The Morgan fingerprint density at radius 2 is 2.06 bits per heavy atom. The van der Waals surface area contributed by atoms with Crippen molar-refractivity contribution < 1.29 is 4.74 Å². The fourth-order valence-electron chi connectivity index (χ4n) is 3.59. The summed E-state index contributed by atoms with van der Waals surface area (Å²) in [6.07, 6.45) is 2.44. The Labute approximate surface area is 187 Å². The van der Waals surface area contributed by atoms with E-state index < -0.39 is 0 Å². The molecule has 0 saturated carbocycles. The molecule has 3 aromatic rings. The van der Waals surface area contributed by atoms with E-state index in [0.29, 0.717) is 11.3 Å². The Morgan fingerprint density at radius 1 is 1.26 bits per heavy atom. The van der Waals surface area contributed by atoms with E-state index in [1.54, 1.807) is 11.8 Å². The maximum atomic E-state index is 6.12. The molecule has 2 aromatic heterocycles. The Bertz CT molecular complexity index is 1090. The lowest BCUT2D eigenvalue weighted by molar-refractivity contribution is 0.357. The van der Waals surface area contributed by atoms with Gasteiger partial charge in [-0.2, -0.15) is 0 Å². The molecule has 1 aromatic carbocycles. The average molecular weight is 442 g/mol. The number of benzene rings is 1. The molecule has 0 saturated heterocycles. The summed E-state index contributed by atoms with van der Waals surface area (Å²) in [4.78, 5) is 16.7. The largest absolute Gasteiger partial charge is 0.493 e. The number of anilines is 2. The van der Waals surface area contributed by atoms with Crippen LogP contribution in [0, 0.1) is 5.41 Å². The molecule has 0 atom stereocenters. The van der Waals surface area contributed by atoms with Crippen LogP contribution in [0.25, 0.3) is 11.2 Å². The molecule has 0 spiro atoms. The van der Waals surface area contributed by atoms with Crippen LogP contribution in [0.15, 0.2) is 28.5 Å². The third-order valence-corrected chi connectivity index (χ3v) is 6.19. The zero-order valence-corrected chi connectivity index (χ0v) is 19.7. The number of nitrogens with one attached hydrogen (secondary N) is 1. The van der Waals surface area contributed by atoms with Gasteiger partial charge in [-0.25, -0.2) is 15.0 Å². The van der Waals surface area contributed by atoms with Gasteiger partial charge in [0.2, 0.25) is 0 Å². The maximum absolute atomic E-state index is 6.12. The Kier molecular flexibility index (Phi) is 5.98. The van der Waals surface area contributed by atoms with E-state index >= 15 is 0 Å². The number of hydrogen-bond donors (Lipinski definition) is 2. The first-order valence-electron chi connectivity index (χ1n) is 10.6. The molecule has 0 fully saturated rings. The molecular weight excluding hydrogens is 410 g/mol. The zero-order chi connectivity index (χ0) is 22.2. The SMILES string of the molecule is CN(C)c1cc2c(cc1Sc1nc3c(N)ncnc3n1CCNCC(C)(C)C)CCO2. The van der Waals surface area contributed by atoms with E-state index in [1.165, 1.54) is 11.9 Å². The van der Waals surface area contributed by atoms with Gasteiger partial charge in [0.15, 0.2) is 22.1 Å². The fourth-order valence-corrected chi connectivity index (χ4v) is 4.76. The molecule has 9 heteroatoms. The van der Waals surface area contributed by atoms with E-state index in [-0.39, 0.29) is 5.41 Å². The van der Waals surface area contributed by atoms with Gasteiger partial charge < -0.3 is 25.3 Å². The van der Waals surface area contributed by atoms with Gasteiger partial charge in [0.1, 0.15) is 12.1 Å². The quantitative estimate of drug-likeness (QED) is 0.540. The van der Waals surface area contributed by atoms with Gasteiger partial charge >= 0.3 is 0 Å². The highest BCUT2D eigenvalue weighted by molar-refractivity contribution is 7.99. The van der Waals surface area contributed by atoms with Crippen molar-refractivity contribution in [3.8, 4) is 5.75 Å². The van der Waals surface area contributed by atoms with Crippen molar-refractivity contribution in [3.63, 3.8) is 0 Å². The molecule has 0 bridgehead atoms. The topological polar surface area (TPSA) is 94.1 Å². The number of nitrogen functional groups attached to an aromatic ring is 1. The Hall–Kier alpha value is -2.52. The van der Waals surface area contributed by atoms with Gasteiger partial charge in [-0.05, 0) is 28.8 Å². The normalized spacial score (nSPS) is 13.5. The highest BCUT2D eigenvalue weighted by Gasteiger charge is 2.21. The summed E-state index contributed by atoms with van der Waals surface area (Å²) in [7, 11) is 4.09. The van der Waals surface area contributed by atoms with E-state index in [0.717, 1.165) is 59.8 Å². The lowest BCUT2D eigenvalue weighted by atomic mass is 9.97. The number of nitrogens with two attached hydrogens (primary N) is 1. The molecule has 0 unspecified atom stereocenters. The monoisotopic (exact) mass is 441 g/mol. The van der Waals surface area contributed by atoms with E-state index in [9.17, 15) is 0 Å². The second-order valence-corrected chi connectivity index (χ2v) is 10.2. The number of aromatic nitrogens is 4. The number of rotatable bonds is 7. The molecule has 1 aliphatic heterocycles. The molecule has 1 aliphatic rings. The van der Waals surface area contributed by atoms with Crippen molar-refractivity contribution in [1.82, 2.24) is 24.8 Å². The van der Waals surface area contributed by atoms with Crippen LogP contribution in [0.4, 0.5) is 11.5 Å². The minimum Gasteiger partial charge on any atom is -0.493 e. The second-order valence-electron chi connectivity index (χ2n) is 9.24. The van der Waals surface area contributed by atoms with Crippen LogP contribution in [0.1, 0.15) is 26.3 Å². The first-order chi connectivity index (χ1) is 14.7. The van der Waals surface area contributed by atoms with Crippen molar-refractivity contribution in [2.75, 3.05) is 44.4 Å². The van der Waals surface area contributed by atoms with Crippen LogP contribution in [-0.2, 0) is 13.0 Å². The second kappa shape index (κ2) is 8.55. The van der Waals surface area contributed by atoms with Gasteiger partial charge in [0.25, 0.3) is 0 Å². The molecule has 3 N–H and O–H groups in total. The smallest absolute Gasteiger partial charge is 0.175 e. The van der Waals surface area contributed by atoms with Crippen LogP contribution in [-0.4, -0.2) is 53.3 Å². The van der Waals surface area contributed by atoms with Crippen LogP contribution in [0.3, 0.4) is 0 Å². The highest BCUT2D eigenvalue weighted by atomic mass is 32.2. The van der Waals surface area contributed by atoms with E-state index in [4.69, 9.17) is 15.5 Å². The van der Waals surface area contributed by atoms with Crippen molar-refractivity contribution in [2.45, 2.75) is 43.8 Å². The van der Waals surface area contributed by atoms with Gasteiger partial charge in [-0.15, -0.1) is 0 Å². The van der Waals surface area contributed by atoms with E-state index in [1.807, 2.05) is 14.1 Å². The van der Waals surface area contributed by atoms with Gasteiger partial charge in [0, 0.05) is 51.1 Å². The van der Waals surface area contributed by atoms with Crippen LogP contribution >= 0.6 is 11.8 Å². The van der Waals surface area contributed by atoms with Crippen molar-refractivity contribution >= 4 is 34.4 Å². The number of nitrogens with zero attached hydrogens (tertiary/aromatic N) is 5. The third-order valence-electron chi connectivity index (χ3n) is 5.15. The summed E-state index contributed by atoms with van der Waals surface area (Å²) in [5.41, 5.74) is 10.1. The van der Waals surface area contributed by atoms with Gasteiger partial charge in [-0.1, -0.05) is 20.8 Å². The molecule has 8 nitrogen and oxygen atoms in total.